The number of nitrogens with zero attached hydrogens (tertiary/aromatic N) is 1. The maximum Gasteiger partial charge on any atom is 0.240 e. The fraction of sp³-hybridized carbons (Fsp3) is 0.429. The van der Waals surface area contributed by atoms with E-state index in [0.717, 1.165) is 17.7 Å². The molecule has 1 aromatic carbocycles. The third-order valence-corrected chi connectivity index (χ3v) is 3.42. The van der Waals surface area contributed by atoms with Crippen molar-refractivity contribution in [3.63, 3.8) is 0 Å². The van der Waals surface area contributed by atoms with Gasteiger partial charge in [0.05, 0.1) is 6.54 Å². The molecule has 3 N–H and O–H groups in total. The Kier molecular flexibility index (Phi) is 4.16. The van der Waals surface area contributed by atoms with Crippen molar-refractivity contribution in [2.24, 2.45) is 5.73 Å². The van der Waals surface area contributed by atoms with Crippen molar-refractivity contribution in [3.8, 4) is 0 Å². The van der Waals surface area contributed by atoms with Crippen LogP contribution in [0.2, 0.25) is 0 Å². The van der Waals surface area contributed by atoms with Crippen molar-refractivity contribution >= 4 is 11.8 Å². The molecular weight excluding hydrogens is 242 g/mol. The zero-order valence-corrected chi connectivity index (χ0v) is 11.1. The average molecular weight is 261 g/mol. The third-order valence-electron chi connectivity index (χ3n) is 3.42. The van der Waals surface area contributed by atoms with E-state index in [1.807, 2.05) is 31.2 Å². The summed E-state index contributed by atoms with van der Waals surface area (Å²) in [5.74, 6) is -0.528. The van der Waals surface area contributed by atoms with Crippen LogP contribution in [0.5, 0.6) is 0 Å². The number of carbonyl (C=O) groups is 2. The Hall–Kier alpha value is -1.88. The topological polar surface area (TPSA) is 75.4 Å². The van der Waals surface area contributed by atoms with Gasteiger partial charge in [-0.05, 0) is 17.7 Å². The van der Waals surface area contributed by atoms with Crippen molar-refractivity contribution in [1.82, 2.24) is 10.2 Å². The number of hydrogen-bond donors (Lipinski definition) is 2. The summed E-state index contributed by atoms with van der Waals surface area (Å²) in [6.07, 6.45) is 0.503. The lowest BCUT2D eigenvalue weighted by molar-refractivity contribution is -0.139. The summed E-state index contributed by atoms with van der Waals surface area (Å²) in [6, 6.07) is 7.31. The quantitative estimate of drug-likeness (QED) is 0.803. The summed E-state index contributed by atoms with van der Waals surface area (Å²) in [5, 5.41) is 2.99. The van der Waals surface area contributed by atoms with Crippen LogP contribution in [-0.2, 0) is 22.6 Å². The lowest BCUT2D eigenvalue weighted by Gasteiger charge is -2.35. The molecule has 19 heavy (non-hydrogen) atoms. The Balaban J connectivity index is 2.21. The van der Waals surface area contributed by atoms with Crippen molar-refractivity contribution in [3.05, 3.63) is 35.4 Å². The minimum atomic E-state index is -0.541. The monoisotopic (exact) mass is 261 g/mol. The van der Waals surface area contributed by atoms with Crippen LogP contribution in [0.4, 0.5) is 0 Å². The predicted octanol–water partition coefficient (Wildman–Crippen LogP) is 0.0347. The van der Waals surface area contributed by atoms with E-state index >= 15 is 0 Å². The molecule has 1 aliphatic rings. The number of primary amides is 1. The van der Waals surface area contributed by atoms with Crippen LogP contribution in [0.15, 0.2) is 24.3 Å². The highest BCUT2D eigenvalue weighted by Crippen LogP contribution is 2.23. The molecular formula is C14H19N3O2. The molecule has 102 valence electrons. The molecule has 0 bridgehead atoms. The number of amides is 2. The molecule has 0 saturated heterocycles. The fourth-order valence-electron chi connectivity index (χ4n) is 2.37. The van der Waals surface area contributed by atoms with Crippen molar-refractivity contribution in [2.45, 2.75) is 25.9 Å². The summed E-state index contributed by atoms with van der Waals surface area (Å²) >= 11 is 0. The molecule has 0 radical (unpaired) electrons. The van der Waals surface area contributed by atoms with Crippen molar-refractivity contribution in [2.75, 3.05) is 13.1 Å². The van der Waals surface area contributed by atoms with Gasteiger partial charge in [0, 0.05) is 13.0 Å². The van der Waals surface area contributed by atoms with E-state index in [-0.39, 0.29) is 12.5 Å². The van der Waals surface area contributed by atoms with Crippen molar-refractivity contribution < 1.29 is 9.59 Å². The first-order chi connectivity index (χ1) is 9.13. The second kappa shape index (κ2) is 5.84. The molecule has 1 heterocycles. The van der Waals surface area contributed by atoms with Gasteiger partial charge in [-0.1, -0.05) is 31.2 Å². The molecule has 0 aliphatic carbocycles. The van der Waals surface area contributed by atoms with Gasteiger partial charge in [0.25, 0.3) is 0 Å². The van der Waals surface area contributed by atoms with Crippen LogP contribution < -0.4 is 11.1 Å². The number of benzene rings is 1. The maximum absolute atomic E-state index is 12.1. The zero-order valence-electron chi connectivity index (χ0n) is 11.1. The number of carbonyl (C=O) groups excluding carboxylic acids is 2. The maximum atomic E-state index is 12.1. The van der Waals surface area contributed by atoms with E-state index in [2.05, 4.69) is 5.32 Å². The van der Waals surface area contributed by atoms with Gasteiger partial charge < -0.3 is 16.0 Å². The highest BCUT2D eigenvalue weighted by Gasteiger charge is 2.32. The largest absolute Gasteiger partial charge is 0.368 e. The number of nitrogens with two attached hydrogens (primary N) is 1. The Labute approximate surface area is 112 Å². The molecule has 2 amide bonds. The Morgan fingerprint density at radius 2 is 2.05 bits per heavy atom. The minimum Gasteiger partial charge on any atom is -0.368 e. The van der Waals surface area contributed by atoms with E-state index in [9.17, 15) is 9.59 Å². The molecule has 1 atom stereocenters. The Bertz CT molecular complexity index is 487. The van der Waals surface area contributed by atoms with Crippen LogP contribution in [0, 0.1) is 0 Å². The van der Waals surface area contributed by atoms with Gasteiger partial charge >= 0.3 is 0 Å². The molecule has 0 fully saturated rings. The van der Waals surface area contributed by atoms with Crippen LogP contribution in [0.3, 0.4) is 0 Å². The Morgan fingerprint density at radius 1 is 1.37 bits per heavy atom. The van der Waals surface area contributed by atoms with E-state index in [4.69, 9.17) is 5.73 Å². The van der Waals surface area contributed by atoms with E-state index in [1.54, 1.807) is 4.90 Å². The van der Waals surface area contributed by atoms with Gasteiger partial charge in [0.2, 0.25) is 11.8 Å². The van der Waals surface area contributed by atoms with E-state index in [1.165, 1.54) is 0 Å². The molecule has 5 nitrogen and oxygen atoms in total. The smallest absolute Gasteiger partial charge is 0.240 e. The van der Waals surface area contributed by atoms with Gasteiger partial charge in [-0.15, -0.1) is 0 Å². The van der Waals surface area contributed by atoms with Gasteiger partial charge in [-0.3, -0.25) is 9.59 Å². The van der Waals surface area contributed by atoms with Gasteiger partial charge in [-0.2, -0.15) is 0 Å². The molecule has 1 aliphatic heterocycles. The number of nitrogens with one attached hydrogen (secondary N) is 1. The van der Waals surface area contributed by atoms with E-state index in [0.29, 0.717) is 13.0 Å². The second-order valence-corrected chi connectivity index (χ2v) is 4.69. The second-order valence-electron chi connectivity index (χ2n) is 4.69. The van der Waals surface area contributed by atoms with Crippen molar-refractivity contribution in [1.29, 1.82) is 0 Å². The summed E-state index contributed by atoms with van der Waals surface area (Å²) in [6.45, 7) is 3.35. The normalized spacial score (nSPS) is 17.9. The zero-order chi connectivity index (χ0) is 13.8. The molecule has 0 spiro atoms. The summed E-state index contributed by atoms with van der Waals surface area (Å²) in [7, 11) is 0. The summed E-state index contributed by atoms with van der Waals surface area (Å²) < 4.78 is 0. The van der Waals surface area contributed by atoms with Gasteiger partial charge in [0.1, 0.15) is 6.04 Å². The Morgan fingerprint density at radius 3 is 2.68 bits per heavy atom. The molecule has 1 aromatic rings. The molecule has 0 unspecified atom stereocenters. The number of rotatable bonds is 4. The highest BCUT2D eigenvalue weighted by molar-refractivity contribution is 5.88. The highest BCUT2D eigenvalue weighted by atomic mass is 16.2. The SMILES string of the molecule is CCNCC(=O)N1Cc2ccccc2C[C@H]1C(N)=O. The minimum absolute atomic E-state index is 0.0832. The molecule has 0 saturated carbocycles. The van der Waals surface area contributed by atoms with E-state index < -0.39 is 11.9 Å². The summed E-state index contributed by atoms with van der Waals surface area (Å²) in [5.41, 5.74) is 7.61. The van der Waals surface area contributed by atoms with Crippen LogP contribution in [-0.4, -0.2) is 35.8 Å². The first-order valence-corrected chi connectivity index (χ1v) is 6.49. The number of likely N-dealkylation sites (N-methyl/N-ethyl adjacent to an activating group) is 1. The molecule has 0 aromatic heterocycles. The van der Waals surface area contributed by atoms with Crippen LogP contribution in [0.25, 0.3) is 0 Å². The third kappa shape index (κ3) is 2.93. The van der Waals surface area contributed by atoms with Crippen LogP contribution in [0.1, 0.15) is 18.1 Å². The average Bonchev–Trinajstić information content (AvgIpc) is 2.43. The standard InChI is InChI=1S/C14H19N3O2/c1-2-16-8-13(18)17-9-11-6-4-3-5-10(11)7-12(17)14(15)19/h3-6,12,16H,2,7-9H2,1H3,(H2,15,19)/t12-/m0/s1. The summed E-state index contributed by atoms with van der Waals surface area (Å²) in [4.78, 5) is 25.3. The lowest BCUT2D eigenvalue weighted by atomic mass is 9.93. The van der Waals surface area contributed by atoms with Gasteiger partial charge in [-0.25, -0.2) is 0 Å². The number of hydrogen-bond acceptors (Lipinski definition) is 3. The van der Waals surface area contributed by atoms with Crippen LogP contribution >= 0.6 is 0 Å². The molecule has 5 heteroatoms. The fourth-order valence-corrected chi connectivity index (χ4v) is 2.37. The molecule has 2 rings (SSSR count). The lowest BCUT2D eigenvalue weighted by Crippen LogP contribution is -2.53. The first kappa shape index (κ1) is 13.5. The number of fused-ring (bicyclic) bond motifs is 1. The first-order valence-electron chi connectivity index (χ1n) is 6.49. The van der Waals surface area contributed by atoms with Gasteiger partial charge in [0.15, 0.2) is 0 Å². The predicted molar refractivity (Wildman–Crippen MR) is 72.2 cm³/mol.